The maximum Gasteiger partial charge on any atom is 0.155 e. The maximum atomic E-state index is 11.6. The summed E-state index contributed by atoms with van der Waals surface area (Å²) in [4.78, 5) is 11.6. The molecule has 4 rings (SSSR count). The number of ketones is 1. The van der Waals surface area contributed by atoms with Gasteiger partial charge in [-0.05, 0) is 80.1 Å². The first-order valence-corrected chi connectivity index (χ1v) is 8.48. The topological polar surface area (TPSA) is 37.3 Å². The van der Waals surface area contributed by atoms with E-state index in [1.165, 1.54) is 24.8 Å². The normalized spacial score (nSPS) is 51.0. The van der Waals surface area contributed by atoms with Crippen molar-refractivity contribution < 1.29 is 9.90 Å². The summed E-state index contributed by atoms with van der Waals surface area (Å²) in [5, 5.41) is 10.1. The molecule has 3 fully saturated rings. The van der Waals surface area contributed by atoms with Gasteiger partial charge in [-0.25, -0.2) is 0 Å². The lowest BCUT2D eigenvalue weighted by atomic mass is 9.52. The Morgan fingerprint density at radius 3 is 2.90 bits per heavy atom. The highest BCUT2D eigenvalue weighted by Crippen LogP contribution is 2.61. The average Bonchev–Trinajstić information content (AvgIpc) is 2.72. The molecule has 0 saturated heterocycles. The van der Waals surface area contributed by atoms with Crippen LogP contribution in [0.2, 0.25) is 0 Å². The number of aliphatic hydroxyl groups is 1. The SMILES string of the molecule is C[C@]12CC[C@H]3[C@H](CCC4=CC(=O)CC[C@@H]43)[C@H]1C[C@H](O)C2. The van der Waals surface area contributed by atoms with Crippen molar-refractivity contribution in [3.63, 3.8) is 0 Å². The van der Waals surface area contributed by atoms with Crippen molar-refractivity contribution in [3.05, 3.63) is 11.6 Å². The summed E-state index contributed by atoms with van der Waals surface area (Å²) < 4.78 is 0. The Morgan fingerprint density at radius 1 is 1.20 bits per heavy atom. The van der Waals surface area contributed by atoms with Gasteiger partial charge in [0.1, 0.15) is 0 Å². The van der Waals surface area contributed by atoms with Gasteiger partial charge >= 0.3 is 0 Å². The van der Waals surface area contributed by atoms with Gasteiger partial charge in [-0.3, -0.25) is 4.79 Å². The number of hydrogen-bond acceptors (Lipinski definition) is 2. The van der Waals surface area contributed by atoms with Gasteiger partial charge in [0.15, 0.2) is 5.78 Å². The van der Waals surface area contributed by atoms with E-state index in [9.17, 15) is 9.90 Å². The van der Waals surface area contributed by atoms with Crippen LogP contribution in [0.15, 0.2) is 11.6 Å². The number of rotatable bonds is 0. The molecule has 0 unspecified atom stereocenters. The Hall–Kier alpha value is -0.630. The Kier molecular flexibility index (Phi) is 2.89. The van der Waals surface area contributed by atoms with Crippen LogP contribution in [0.25, 0.3) is 0 Å². The summed E-state index contributed by atoms with van der Waals surface area (Å²) in [5.74, 6) is 3.38. The first kappa shape index (κ1) is 13.1. The lowest BCUT2D eigenvalue weighted by Crippen LogP contribution is -2.44. The molecule has 2 heteroatoms. The molecule has 20 heavy (non-hydrogen) atoms. The molecule has 0 heterocycles. The van der Waals surface area contributed by atoms with Gasteiger partial charge in [-0.1, -0.05) is 12.5 Å². The summed E-state index contributed by atoms with van der Waals surface area (Å²) in [7, 11) is 0. The molecule has 3 saturated carbocycles. The fourth-order valence-corrected chi connectivity index (χ4v) is 6.20. The van der Waals surface area contributed by atoms with Gasteiger partial charge in [0.25, 0.3) is 0 Å². The first-order chi connectivity index (χ1) is 9.57. The van der Waals surface area contributed by atoms with E-state index in [1.807, 2.05) is 6.08 Å². The zero-order chi connectivity index (χ0) is 13.9. The second-order valence-electron chi connectivity index (χ2n) is 8.09. The van der Waals surface area contributed by atoms with Gasteiger partial charge < -0.3 is 5.11 Å². The van der Waals surface area contributed by atoms with Crippen LogP contribution in [0.1, 0.15) is 58.3 Å². The number of allylic oxidation sites excluding steroid dienone is 1. The van der Waals surface area contributed by atoms with Crippen LogP contribution < -0.4 is 0 Å². The molecule has 0 amide bonds. The third kappa shape index (κ3) is 1.83. The fourth-order valence-electron chi connectivity index (χ4n) is 6.20. The largest absolute Gasteiger partial charge is 0.393 e. The van der Waals surface area contributed by atoms with E-state index in [-0.39, 0.29) is 6.10 Å². The minimum atomic E-state index is -0.0615. The number of aliphatic hydroxyl groups excluding tert-OH is 1. The van der Waals surface area contributed by atoms with E-state index in [0.29, 0.717) is 17.1 Å². The highest BCUT2D eigenvalue weighted by Gasteiger charge is 2.54. The molecule has 4 aliphatic carbocycles. The molecule has 0 spiro atoms. The summed E-state index contributed by atoms with van der Waals surface area (Å²) in [6.45, 7) is 2.42. The molecule has 0 aromatic carbocycles. The maximum absolute atomic E-state index is 11.6. The van der Waals surface area contributed by atoms with Crippen LogP contribution >= 0.6 is 0 Å². The van der Waals surface area contributed by atoms with Crippen LogP contribution in [-0.4, -0.2) is 17.0 Å². The molecular weight excluding hydrogens is 248 g/mol. The third-order valence-electron chi connectivity index (χ3n) is 7.05. The highest BCUT2D eigenvalue weighted by atomic mass is 16.3. The van der Waals surface area contributed by atoms with Crippen LogP contribution in [0, 0.1) is 29.1 Å². The zero-order valence-corrected chi connectivity index (χ0v) is 12.5. The minimum absolute atomic E-state index is 0.0615. The monoisotopic (exact) mass is 274 g/mol. The van der Waals surface area contributed by atoms with Crippen molar-refractivity contribution in [1.82, 2.24) is 0 Å². The number of carbonyl (C=O) groups is 1. The van der Waals surface area contributed by atoms with E-state index in [4.69, 9.17) is 0 Å². The minimum Gasteiger partial charge on any atom is -0.393 e. The van der Waals surface area contributed by atoms with E-state index >= 15 is 0 Å². The second-order valence-corrected chi connectivity index (χ2v) is 8.09. The number of carbonyl (C=O) groups excluding carboxylic acids is 1. The Morgan fingerprint density at radius 2 is 2.05 bits per heavy atom. The molecule has 4 aliphatic rings. The highest BCUT2D eigenvalue weighted by molar-refractivity contribution is 5.91. The summed E-state index contributed by atoms with van der Waals surface area (Å²) in [6.07, 6.45) is 10.8. The Balaban J connectivity index is 1.62. The molecular formula is C18H26O2. The van der Waals surface area contributed by atoms with Crippen LogP contribution in [0.3, 0.4) is 0 Å². The van der Waals surface area contributed by atoms with E-state index in [0.717, 1.165) is 49.9 Å². The summed E-state index contributed by atoms with van der Waals surface area (Å²) >= 11 is 0. The summed E-state index contributed by atoms with van der Waals surface area (Å²) in [5.41, 5.74) is 1.86. The van der Waals surface area contributed by atoms with Crippen molar-refractivity contribution in [2.45, 2.75) is 64.4 Å². The van der Waals surface area contributed by atoms with Crippen LogP contribution in [-0.2, 0) is 4.79 Å². The van der Waals surface area contributed by atoms with Crippen molar-refractivity contribution >= 4 is 5.78 Å². The zero-order valence-electron chi connectivity index (χ0n) is 12.5. The Labute approximate surface area is 121 Å². The van der Waals surface area contributed by atoms with E-state index in [1.54, 1.807) is 0 Å². The van der Waals surface area contributed by atoms with E-state index in [2.05, 4.69) is 6.92 Å². The molecule has 2 nitrogen and oxygen atoms in total. The third-order valence-corrected chi connectivity index (χ3v) is 7.05. The van der Waals surface area contributed by atoms with Crippen LogP contribution in [0.5, 0.6) is 0 Å². The lowest BCUT2D eigenvalue weighted by Gasteiger charge is -2.52. The molecule has 1 N–H and O–H groups in total. The predicted octanol–water partition coefficient (Wildman–Crippen LogP) is 3.49. The second kappa shape index (κ2) is 4.43. The molecule has 0 aromatic heterocycles. The molecule has 0 bridgehead atoms. The van der Waals surface area contributed by atoms with E-state index < -0.39 is 0 Å². The van der Waals surface area contributed by atoms with Crippen molar-refractivity contribution in [2.75, 3.05) is 0 Å². The van der Waals surface area contributed by atoms with Crippen molar-refractivity contribution in [1.29, 1.82) is 0 Å². The molecule has 6 atom stereocenters. The van der Waals surface area contributed by atoms with Crippen molar-refractivity contribution in [3.8, 4) is 0 Å². The quantitative estimate of drug-likeness (QED) is 0.734. The van der Waals surface area contributed by atoms with Gasteiger partial charge in [-0.2, -0.15) is 0 Å². The smallest absolute Gasteiger partial charge is 0.155 e. The lowest BCUT2D eigenvalue weighted by molar-refractivity contribution is -0.116. The van der Waals surface area contributed by atoms with Crippen molar-refractivity contribution in [2.24, 2.45) is 29.1 Å². The fraction of sp³-hybridized carbons (Fsp3) is 0.833. The predicted molar refractivity (Wildman–Crippen MR) is 78.1 cm³/mol. The summed E-state index contributed by atoms with van der Waals surface area (Å²) in [6, 6.07) is 0. The molecule has 0 radical (unpaired) electrons. The average molecular weight is 274 g/mol. The van der Waals surface area contributed by atoms with Gasteiger partial charge in [0.2, 0.25) is 0 Å². The molecule has 0 aromatic rings. The number of hydrogen-bond donors (Lipinski definition) is 1. The Bertz CT molecular complexity index is 466. The van der Waals surface area contributed by atoms with Gasteiger partial charge in [-0.15, -0.1) is 0 Å². The van der Waals surface area contributed by atoms with Gasteiger partial charge in [0, 0.05) is 6.42 Å². The first-order valence-electron chi connectivity index (χ1n) is 8.48. The number of fused-ring (bicyclic) bond motifs is 5. The van der Waals surface area contributed by atoms with Crippen LogP contribution in [0.4, 0.5) is 0 Å². The standard InChI is InChI=1S/C18H26O2/c1-18-7-6-15-14-5-3-12(19)8-11(14)2-4-16(15)17(18)9-13(20)10-18/h8,13-17,20H,2-7,9-10H2,1H3/t13-,14-,15+,16-,17+,18+/m0/s1. The molecule has 110 valence electrons. The molecule has 0 aliphatic heterocycles. The van der Waals surface area contributed by atoms with Gasteiger partial charge in [0.05, 0.1) is 6.10 Å².